The molecule has 1 heterocycles. The number of aryl methyl sites for hydroxylation is 2. The third-order valence-corrected chi connectivity index (χ3v) is 3.24. The molecule has 0 aliphatic carbocycles. The summed E-state index contributed by atoms with van der Waals surface area (Å²) in [6.07, 6.45) is -0.0931. The van der Waals surface area contributed by atoms with Crippen molar-refractivity contribution in [3.05, 3.63) is 29.3 Å². The Hall–Kier alpha value is -1.10. The highest BCUT2D eigenvalue weighted by Crippen LogP contribution is 2.17. The SMILES string of the molecule is Cc1ccc(NC(=O)[C@H]2NCCO[C@@H]2C)c(C)c1.Cl. The number of amides is 1. The molecular weight excluding hydrogens is 264 g/mol. The summed E-state index contributed by atoms with van der Waals surface area (Å²) >= 11 is 0. The van der Waals surface area contributed by atoms with Crippen molar-refractivity contribution in [2.24, 2.45) is 0 Å². The predicted molar refractivity (Wildman–Crippen MR) is 79.0 cm³/mol. The number of carbonyl (C=O) groups excluding carboxylic acids is 1. The lowest BCUT2D eigenvalue weighted by atomic mass is 10.1. The largest absolute Gasteiger partial charge is 0.375 e. The first-order valence-corrected chi connectivity index (χ1v) is 6.31. The van der Waals surface area contributed by atoms with E-state index in [2.05, 4.69) is 16.7 Å². The number of anilines is 1. The quantitative estimate of drug-likeness (QED) is 0.874. The molecule has 0 aromatic heterocycles. The first-order valence-electron chi connectivity index (χ1n) is 6.31. The van der Waals surface area contributed by atoms with Gasteiger partial charge in [-0.2, -0.15) is 0 Å². The number of carbonyl (C=O) groups is 1. The number of rotatable bonds is 2. The number of halogens is 1. The Morgan fingerprint density at radius 3 is 2.79 bits per heavy atom. The minimum Gasteiger partial charge on any atom is -0.375 e. The van der Waals surface area contributed by atoms with Gasteiger partial charge in [-0.05, 0) is 32.4 Å². The average molecular weight is 285 g/mol. The Morgan fingerprint density at radius 2 is 2.16 bits per heavy atom. The Morgan fingerprint density at radius 1 is 1.42 bits per heavy atom. The van der Waals surface area contributed by atoms with E-state index in [1.54, 1.807) is 0 Å². The van der Waals surface area contributed by atoms with E-state index in [1.165, 1.54) is 5.56 Å². The maximum atomic E-state index is 12.2. The van der Waals surface area contributed by atoms with Gasteiger partial charge in [0.1, 0.15) is 6.04 Å². The van der Waals surface area contributed by atoms with Gasteiger partial charge in [-0.1, -0.05) is 17.7 Å². The van der Waals surface area contributed by atoms with Crippen LogP contribution >= 0.6 is 12.4 Å². The van der Waals surface area contributed by atoms with Crippen molar-refractivity contribution in [1.82, 2.24) is 5.32 Å². The molecule has 0 saturated carbocycles. The highest BCUT2D eigenvalue weighted by atomic mass is 35.5. The summed E-state index contributed by atoms with van der Waals surface area (Å²) in [5, 5.41) is 6.14. The van der Waals surface area contributed by atoms with Crippen molar-refractivity contribution >= 4 is 24.0 Å². The molecule has 19 heavy (non-hydrogen) atoms. The van der Waals surface area contributed by atoms with Crippen LogP contribution in [-0.2, 0) is 9.53 Å². The van der Waals surface area contributed by atoms with Crippen molar-refractivity contribution < 1.29 is 9.53 Å². The summed E-state index contributed by atoms with van der Waals surface area (Å²) in [5.74, 6) is -0.0332. The van der Waals surface area contributed by atoms with Crippen LogP contribution in [0, 0.1) is 13.8 Å². The molecule has 5 heteroatoms. The van der Waals surface area contributed by atoms with E-state index in [9.17, 15) is 4.79 Å². The molecular formula is C14H21ClN2O2. The second-order valence-electron chi connectivity index (χ2n) is 4.82. The molecule has 2 N–H and O–H groups in total. The minimum atomic E-state index is -0.278. The van der Waals surface area contributed by atoms with Gasteiger partial charge in [-0.3, -0.25) is 4.79 Å². The fourth-order valence-corrected chi connectivity index (χ4v) is 2.19. The standard InChI is InChI=1S/C14H20N2O2.ClH/c1-9-4-5-12(10(2)8-9)16-14(17)13-11(3)18-7-6-15-13;/h4-5,8,11,13,15H,6-7H2,1-3H3,(H,16,17);1H/t11-,13+;/m1./s1. The second kappa shape index (κ2) is 6.89. The van der Waals surface area contributed by atoms with E-state index in [1.807, 2.05) is 32.9 Å². The number of nitrogens with one attached hydrogen (secondary N) is 2. The molecule has 1 amide bonds. The van der Waals surface area contributed by atoms with E-state index >= 15 is 0 Å². The monoisotopic (exact) mass is 284 g/mol. The van der Waals surface area contributed by atoms with Crippen LogP contribution in [0.2, 0.25) is 0 Å². The second-order valence-corrected chi connectivity index (χ2v) is 4.82. The molecule has 0 spiro atoms. The molecule has 2 rings (SSSR count). The molecule has 0 unspecified atom stereocenters. The van der Waals surface area contributed by atoms with Crippen LogP contribution in [0.15, 0.2) is 18.2 Å². The predicted octanol–water partition coefficient (Wildman–Crippen LogP) is 2.04. The smallest absolute Gasteiger partial charge is 0.244 e. The zero-order valence-electron chi connectivity index (χ0n) is 11.5. The number of ether oxygens (including phenoxy) is 1. The van der Waals surface area contributed by atoms with Crippen LogP contribution in [-0.4, -0.2) is 31.2 Å². The van der Waals surface area contributed by atoms with Crippen LogP contribution < -0.4 is 10.6 Å². The fourth-order valence-electron chi connectivity index (χ4n) is 2.19. The Kier molecular flexibility index (Phi) is 5.79. The summed E-state index contributed by atoms with van der Waals surface area (Å²) in [5.41, 5.74) is 3.14. The normalized spacial score (nSPS) is 22.5. The van der Waals surface area contributed by atoms with Crippen molar-refractivity contribution in [2.45, 2.75) is 32.9 Å². The summed E-state index contributed by atoms with van der Waals surface area (Å²) in [7, 11) is 0. The number of hydrogen-bond donors (Lipinski definition) is 2. The van der Waals surface area contributed by atoms with E-state index in [-0.39, 0.29) is 30.5 Å². The van der Waals surface area contributed by atoms with Crippen LogP contribution in [0.4, 0.5) is 5.69 Å². The zero-order valence-corrected chi connectivity index (χ0v) is 12.3. The van der Waals surface area contributed by atoms with Gasteiger partial charge in [0.15, 0.2) is 0 Å². The van der Waals surface area contributed by atoms with E-state index < -0.39 is 0 Å². The molecule has 2 atom stereocenters. The molecule has 1 aliphatic heterocycles. The number of hydrogen-bond acceptors (Lipinski definition) is 3. The van der Waals surface area contributed by atoms with E-state index in [0.717, 1.165) is 17.8 Å². The Labute approximate surface area is 120 Å². The van der Waals surface area contributed by atoms with Crippen molar-refractivity contribution in [1.29, 1.82) is 0 Å². The Bertz CT molecular complexity index is 451. The van der Waals surface area contributed by atoms with Crippen molar-refractivity contribution in [2.75, 3.05) is 18.5 Å². The fraction of sp³-hybridized carbons (Fsp3) is 0.500. The van der Waals surface area contributed by atoms with E-state index in [0.29, 0.717) is 6.61 Å². The summed E-state index contributed by atoms with van der Waals surface area (Å²) in [6.45, 7) is 7.33. The maximum Gasteiger partial charge on any atom is 0.244 e. The summed E-state index contributed by atoms with van der Waals surface area (Å²) < 4.78 is 5.48. The molecule has 106 valence electrons. The third kappa shape index (κ3) is 3.93. The van der Waals surface area contributed by atoms with Gasteiger partial charge >= 0.3 is 0 Å². The van der Waals surface area contributed by atoms with Crippen molar-refractivity contribution in [3.8, 4) is 0 Å². The zero-order chi connectivity index (χ0) is 13.1. The third-order valence-electron chi connectivity index (χ3n) is 3.24. The molecule has 1 aromatic carbocycles. The highest BCUT2D eigenvalue weighted by Gasteiger charge is 2.28. The maximum absolute atomic E-state index is 12.2. The number of morpholine rings is 1. The van der Waals surface area contributed by atoms with Gasteiger partial charge in [-0.15, -0.1) is 12.4 Å². The Balaban J connectivity index is 0.00000180. The van der Waals surface area contributed by atoms with Gasteiger partial charge in [0.25, 0.3) is 0 Å². The first-order chi connectivity index (χ1) is 8.58. The molecule has 0 radical (unpaired) electrons. The van der Waals surface area contributed by atoms with E-state index in [4.69, 9.17) is 4.74 Å². The first kappa shape index (κ1) is 16.0. The van der Waals surface area contributed by atoms with Gasteiger partial charge in [0, 0.05) is 12.2 Å². The lowest BCUT2D eigenvalue weighted by Crippen LogP contribution is -2.53. The highest BCUT2D eigenvalue weighted by molar-refractivity contribution is 5.96. The summed E-state index contributed by atoms with van der Waals surface area (Å²) in [6, 6.07) is 5.72. The molecule has 0 bridgehead atoms. The topological polar surface area (TPSA) is 50.4 Å². The van der Waals surface area contributed by atoms with Gasteiger partial charge in [0.2, 0.25) is 5.91 Å². The van der Waals surface area contributed by atoms with Crippen molar-refractivity contribution in [3.63, 3.8) is 0 Å². The molecule has 1 aromatic rings. The number of benzene rings is 1. The minimum absolute atomic E-state index is 0. The average Bonchev–Trinajstić information content (AvgIpc) is 2.33. The van der Waals surface area contributed by atoms with Gasteiger partial charge in [0.05, 0.1) is 12.7 Å². The lowest BCUT2D eigenvalue weighted by Gasteiger charge is -2.29. The molecule has 1 aliphatic rings. The molecule has 1 saturated heterocycles. The van der Waals surface area contributed by atoms with Crippen LogP contribution in [0.5, 0.6) is 0 Å². The van der Waals surface area contributed by atoms with Gasteiger partial charge in [-0.25, -0.2) is 0 Å². The lowest BCUT2D eigenvalue weighted by molar-refractivity contribution is -0.123. The van der Waals surface area contributed by atoms with Crippen LogP contribution in [0.25, 0.3) is 0 Å². The van der Waals surface area contributed by atoms with Gasteiger partial charge < -0.3 is 15.4 Å². The summed E-state index contributed by atoms with van der Waals surface area (Å²) in [4.78, 5) is 12.2. The molecule has 4 nitrogen and oxygen atoms in total. The van der Waals surface area contributed by atoms with Crippen LogP contribution in [0.3, 0.4) is 0 Å². The van der Waals surface area contributed by atoms with Crippen LogP contribution in [0.1, 0.15) is 18.1 Å². The molecule has 1 fully saturated rings.